The van der Waals surface area contributed by atoms with Gasteiger partial charge in [0, 0.05) is 37.4 Å². The first-order chi connectivity index (χ1) is 17.5. The van der Waals surface area contributed by atoms with E-state index in [9.17, 15) is 18.8 Å². The molecule has 2 heterocycles. The van der Waals surface area contributed by atoms with Crippen LogP contribution in [0.2, 0.25) is 0 Å². The minimum atomic E-state index is -0.428. The van der Waals surface area contributed by atoms with Gasteiger partial charge >= 0.3 is 0 Å². The van der Waals surface area contributed by atoms with Gasteiger partial charge in [0.25, 0.3) is 17.1 Å². The molecule has 3 aromatic rings. The van der Waals surface area contributed by atoms with Crippen LogP contribution in [-0.4, -0.2) is 53.0 Å². The molecule has 2 aliphatic rings. The van der Waals surface area contributed by atoms with Crippen LogP contribution >= 0.6 is 11.8 Å². The van der Waals surface area contributed by atoms with Crippen LogP contribution in [0.3, 0.4) is 0 Å². The van der Waals surface area contributed by atoms with E-state index in [1.54, 1.807) is 42.5 Å². The first-order valence-electron chi connectivity index (χ1n) is 11.7. The average Bonchev–Trinajstić information content (AvgIpc) is 3.16. The summed E-state index contributed by atoms with van der Waals surface area (Å²) >= 11 is 0.844. The maximum atomic E-state index is 13.5. The lowest BCUT2D eigenvalue weighted by atomic mass is 10.1. The molecule has 182 valence electrons. The van der Waals surface area contributed by atoms with Gasteiger partial charge in [-0.05, 0) is 65.4 Å². The predicted octanol–water partition coefficient (Wildman–Crippen LogP) is 5.02. The number of piperazine rings is 1. The molecule has 3 amide bonds. The van der Waals surface area contributed by atoms with Crippen LogP contribution in [0.5, 0.6) is 0 Å². The smallest absolute Gasteiger partial charge is 0.293 e. The van der Waals surface area contributed by atoms with E-state index in [0.717, 1.165) is 35.4 Å². The van der Waals surface area contributed by atoms with Gasteiger partial charge in [-0.2, -0.15) is 0 Å². The molecule has 0 radical (unpaired) electrons. The number of nitrogens with zero attached hydrogens (tertiary/aromatic N) is 3. The Morgan fingerprint density at radius 1 is 0.889 bits per heavy atom. The molecule has 2 saturated heterocycles. The van der Waals surface area contributed by atoms with Gasteiger partial charge in [-0.25, -0.2) is 4.39 Å². The van der Waals surface area contributed by atoms with Gasteiger partial charge in [-0.3, -0.25) is 19.3 Å². The SMILES string of the molecule is O=C(c1cccc(/C=C2\SC(=O)N(Cc3cccc(F)c3)C2=O)c1)N1CCN(c2ccccc2)CC1. The predicted molar refractivity (Wildman–Crippen MR) is 139 cm³/mol. The molecule has 0 bridgehead atoms. The third kappa shape index (κ3) is 5.18. The Bertz CT molecular complexity index is 1340. The molecule has 8 heteroatoms. The number of hydrogen-bond donors (Lipinski definition) is 0. The quantitative estimate of drug-likeness (QED) is 0.459. The van der Waals surface area contributed by atoms with Gasteiger partial charge in [0.05, 0.1) is 11.4 Å². The van der Waals surface area contributed by atoms with E-state index in [1.807, 2.05) is 23.1 Å². The van der Waals surface area contributed by atoms with Crippen molar-refractivity contribution in [3.05, 3.63) is 106 Å². The monoisotopic (exact) mass is 501 g/mol. The van der Waals surface area contributed by atoms with Crippen molar-refractivity contribution in [2.45, 2.75) is 6.54 Å². The maximum absolute atomic E-state index is 13.5. The van der Waals surface area contributed by atoms with Crippen LogP contribution in [0, 0.1) is 5.82 Å². The lowest BCUT2D eigenvalue weighted by Crippen LogP contribution is -2.48. The van der Waals surface area contributed by atoms with Gasteiger partial charge in [-0.1, -0.05) is 42.5 Å². The van der Waals surface area contributed by atoms with Gasteiger partial charge in [-0.15, -0.1) is 0 Å². The lowest BCUT2D eigenvalue weighted by Gasteiger charge is -2.36. The zero-order valence-corrected chi connectivity index (χ0v) is 20.3. The summed E-state index contributed by atoms with van der Waals surface area (Å²) < 4.78 is 13.5. The number of amides is 3. The Labute approximate surface area is 213 Å². The molecule has 0 N–H and O–H groups in total. The third-order valence-electron chi connectivity index (χ3n) is 6.22. The van der Waals surface area contributed by atoms with Crippen LogP contribution in [0.25, 0.3) is 6.08 Å². The van der Waals surface area contributed by atoms with E-state index >= 15 is 0 Å². The van der Waals surface area contributed by atoms with E-state index < -0.39 is 17.0 Å². The Balaban J connectivity index is 1.26. The fourth-order valence-electron chi connectivity index (χ4n) is 4.36. The topological polar surface area (TPSA) is 60.9 Å². The summed E-state index contributed by atoms with van der Waals surface area (Å²) in [5, 5.41) is -0.404. The van der Waals surface area contributed by atoms with Gasteiger partial charge < -0.3 is 9.80 Å². The molecular formula is C28H24FN3O3S. The number of thioether (sulfide) groups is 1. The zero-order valence-electron chi connectivity index (χ0n) is 19.5. The molecule has 0 atom stereocenters. The second-order valence-corrected chi connectivity index (χ2v) is 9.63. The Hall–Kier alpha value is -3.91. The van der Waals surface area contributed by atoms with Gasteiger partial charge in [0.1, 0.15) is 5.82 Å². The standard InChI is InChI=1S/C28H24FN3O3S/c29-23-9-5-7-21(17-23)19-32-27(34)25(36-28(32)35)18-20-6-4-8-22(16-20)26(33)31-14-12-30(13-15-31)24-10-2-1-3-11-24/h1-11,16-18H,12-15,19H2/b25-18-. The van der Waals surface area contributed by atoms with Crippen molar-refractivity contribution in [2.24, 2.45) is 0 Å². The highest BCUT2D eigenvalue weighted by Crippen LogP contribution is 2.33. The minimum absolute atomic E-state index is 0.00719. The van der Waals surface area contributed by atoms with Gasteiger partial charge in [0.2, 0.25) is 0 Å². The number of imide groups is 1. The molecule has 2 fully saturated rings. The number of benzene rings is 3. The van der Waals surface area contributed by atoms with Crippen molar-refractivity contribution >= 4 is 40.6 Å². The summed E-state index contributed by atoms with van der Waals surface area (Å²) in [5.74, 6) is -0.904. The normalized spacial score (nSPS) is 17.2. The van der Waals surface area contributed by atoms with Crippen LogP contribution in [0.15, 0.2) is 83.8 Å². The number of halogens is 1. The number of carbonyl (C=O) groups is 3. The number of rotatable bonds is 5. The van der Waals surface area contributed by atoms with Crippen LogP contribution in [0.4, 0.5) is 14.9 Å². The first-order valence-corrected chi connectivity index (χ1v) is 12.5. The minimum Gasteiger partial charge on any atom is -0.368 e. The molecule has 2 aliphatic heterocycles. The highest BCUT2D eigenvalue weighted by atomic mass is 32.2. The van der Waals surface area contributed by atoms with E-state index in [0.29, 0.717) is 29.8 Å². The van der Waals surface area contributed by atoms with Crippen LogP contribution in [-0.2, 0) is 11.3 Å². The second-order valence-electron chi connectivity index (χ2n) is 8.64. The van der Waals surface area contributed by atoms with Crippen molar-refractivity contribution in [1.82, 2.24) is 9.80 Å². The summed E-state index contributed by atoms with van der Waals surface area (Å²) in [7, 11) is 0. The highest BCUT2D eigenvalue weighted by molar-refractivity contribution is 8.18. The number of para-hydroxylation sites is 1. The Morgan fingerprint density at radius 2 is 1.64 bits per heavy atom. The van der Waals surface area contributed by atoms with E-state index in [4.69, 9.17) is 0 Å². The van der Waals surface area contributed by atoms with E-state index in [-0.39, 0.29) is 17.4 Å². The number of carbonyl (C=O) groups excluding carboxylic acids is 3. The molecule has 5 rings (SSSR count). The van der Waals surface area contributed by atoms with Crippen molar-refractivity contribution in [3.63, 3.8) is 0 Å². The lowest BCUT2D eigenvalue weighted by molar-refractivity contribution is -0.123. The van der Waals surface area contributed by atoms with Crippen molar-refractivity contribution < 1.29 is 18.8 Å². The summed E-state index contributed by atoms with van der Waals surface area (Å²) in [6.07, 6.45) is 1.63. The average molecular weight is 502 g/mol. The summed E-state index contributed by atoms with van der Waals surface area (Å²) in [5.41, 5.74) is 2.90. The van der Waals surface area contributed by atoms with Crippen molar-refractivity contribution in [3.8, 4) is 0 Å². The molecule has 0 unspecified atom stereocenters. The first kappa shape index (κ1) is 23.8. The molecule has 0 aliphatic carbocycles. The summed E-state index contributed by atoms with van der Waals surface area (Å²) in [6.45, 7) is 2.77. The van der Waals surface area contributed by atoms with Gasteiger partial charge in [0.15, 0.2) is 0 Å². The Kier molecular flexibility index (Phi) is 6.86. The summed E-state index contributed by atoms with van der Waals surface area (Å²) in [6, 6.07) is 23.1. The van der Waals surface area contributed by atoms with Crippen molar-refractivity contribution in [2.75, 3.05) is 31.1 Å². The Morgan fingerprint density at radius 3 is 2.39 bits per heavy atom. The van der Waals surface area contributed by atoms with Crippen LogP contribution in [0.1, 0.15) is 21.5 Å². The zero-order chi connectivity index (χ0) is 25.1. The molecule has 6 nitrogen and oxygen atoms in total. The van der Waals surface area contributed by atoms with Crippen molar-refractivity contribution in [1.29, 1.82) is 0 Å². The highest BCUT2D eigenvalue weighted by Gasteiger charge is 2.35. The third-order valence-corrected chi connectivity index (χ3v) is 7.13. The molecule has 0 aromatic heterocycles. The molecule has 0 spiro atoms. The molecule has 0 saturated carbocycles. The van der Waals surface area contributed by atoms with Crippen LogP contribution < -0.4 is 4.90 Å². The summed E-state index contributed by atoms with van der Waals surface area (Å²) in [4.78, 5) is 44.0. The largest absolute Gasteiger partial charge is 0.368 e. The fourth-order valence-corrected chi connectivity index (χ4v) is 5.19. The van der Waals surface area contributed by atoms with E-state index in [1.165, 1.54) is 12.1 Å². The maximum Gasteiger partial charge on any atom is 0.293 e. The molecular weight excluding hydrogens is 477 g/mol. The number of anilines is 1. The number of hydrogen-bond acceptors (Lipinski definition) is 5. The molecule has 3 aromatic carbocycles. The fraction of sp³-hybridized carbons (Fsp3) is 0.179. The second kappa shape index (κ2) is 10.4. The molecule has 36 heavy (non-hydrogen) atoms. The van der Waals surface area contributed by atoms with E-state index in [2.05, 4.69) is 17.0 Å².